The Morgan fingerprint density at radius 3 is 2.38 bits per heavy atom. The van der Waals surface area contributed by atoms with Crippen LogP contribution in [0.1, 0.15) is 43.4 Å². The van der Waals surface area contributed by atoms with Crippen molar-refractivity contribution in [3.05, 3.63) is 35.4 Å². The number of aliphatic hydroxyl groups excluding tert-OH is 1. The number of aliphatic carboxylic acids is 1. The zero-order valence-electron chi connectivity index (χ0n) is 12.8. The van der Waals surface area contributed by atoms with Gasteiger partial charge in [-0.25, -0.2) is 0 Å². The van der Waals surface area contributed by atoms with Crippen LogP contribution in [0.5, 0.6) is 0 Å². The third-order valence-electron chi connectivity index (χ3n) is 3.46. The van der Waals surface area contributed by atoms with Gasteiger partial charge in [0.15, 0.2) is 0 Å². The van der Waals surface area contributed by atoms with Crippen LogP contribution in [0.2, 0.25) is 0 Å². The molecular formula is C16H26ClNO3. The summed E-state index contributed by atoms with van der Waals surface area (Å²) in [5.74, 6) is -0.743. The van der Waals surface area contributed by atoms with Crippen molar-refractivity contribution < 1.29 is 15.0 Å². The van der Waals surface area contributed by atoms with E-state index >= 15 is 0 Å². The van der Waals surface area contributed by atoms with Gasteiger partial charge in [0.25, 0.3) is 0 Å². The highest BCUT2D eigenvalue weighted by molar-refractivity contribution is 5.85. The van der Waals surface area contributed by atoms with E-state index in [1.165, 1.54) is 5.56 Å². The molecule has 21 heavy (non-hydrogen) atoms. The van der Waals surface area contributed by atoms with Crippen LogP contribution in [-0.4, -0.2) is 40.7 Å². The Hall–Kier alpha value is -1.10. The van der Waals surface area contributed by atoms with Crippen molar-refractivity contribution in [2.24, 2.45) is 0 Å². The van der Waals surface area contributed by atoms with Crippen molar-refractivity contribution in [1.29, 1.82) is 0 Å². The van der Waals surface area contributed by atoms with Crippen molar-refractivity contribution in [3.8, 4) is 0 Å². The molecule has 0 heterocycles. The van der Waals surface area contributed by atoms with E-state index in [4.69, 9.17) is 5.11 Å². The van der Waals surface area contributed by atoms with Gasteiger partial charge in [0.2, 0.25) is 0 Å². The molecule has 1 unspecified atom stereocenters. The number of hydrogen-bond donors (Lipinski definition) is 2. The highest BCUT2D eigenvalue weighted by Crippen LogP contribution is 2.15. The first-order valence-corrected chi connectivity index (χ1v) is 7.21. The smallest absolute Gasteiger partial charge is 0.303 e. The molecule has 0 radical (unpaired) electrons. The second-order valence-electron chi connectivity index (χ2n) is 5.17. The number of likely N-dealkylation sites (N-methyl/N-ethyl adjacent to an activating group) is 1. The normalized spacial score (nSPS) is 12.0. The molecule has 0 bridgehead atoms. The van der Waals surface area contributed by atoms with Crippen LogP contribution in [0.15, 0.2) is 24.3 Å². The minimum atomic E-state index is -0.743. The standard InChI is InChI=1S/C16H25NO3.ClH/c1-3-17(11-5-4-6-16(19)20)12-15(18)14-9-7-13(2)8-10-14;/h7-10,15,18H,3-6,11-12H2,1-2H3,(H,19,20);1H. The summed E-state index contributed by atoms with van der Waals surface area (Å²) in [4.78, 5) is 12.6. The second kappa shape index (κ2) is 10.6. The first-order valence-electron chi connectivity index (χ1n) is 7.21. The maximum Gasteiger partial charge on any atom is 0.303 e. The molecule has 0 aromatic heterocycles. The Morgan fingerprint density at radius 2 is 1.86 bits per heavy atom. The van der Waals surface area contributed by atoms with Crippen molar-refractivity contribution in [2.45, 2.75) is 39.2 Å². The number of benzene rings is 1. The quantitative estimate of drug-likeness (QED) is 0.688. The number of hydrogen-bond acceptors (Lipinski definition) is 3. The Labute approximate surface area is 133 Å². The molecule has 0 spiro atoms. The summed E-state index contributed by atoms with van der Waals surface area (Å²) in [5, 5.41) is 18.8. The molecule has 4 nitrogen and oxygen atoms in total. The minimum Gasteiger partial charge on any atom is -0.481 e. The molecule has 1 aromatic carbocycles. The van der Waals surface area contributed by atoms with Gasteiger partial charge in [0.1, 0.15) is 0 Å². The third kappa shape index (κ3) is 8.05. The van der Waals surface area contributed by atoms with Crippen molar-refractivity contribution in [3.63, 3.8) is 0 Å². The van der Waals surface area contributed by atoms with Gasteiger partial charge in [0, 0.05) is 13.0 Å². The van der Waals surface area contributed by atoms with Crippen LogP contribution >= 0.6 is 12.4 Å². The van der Waals surface area contributed by atoms with Gasteiger partial charge in [0.05, 0.1) is 6.10 Å². The fourth-order valence-electron chi connectivity index (χ4n) is 2.13. The van der Waals surface area contributed by atoms with E-state index in [2.05, 4.69) is 11.8 Å². The lowest BCUT2D eigenvalue weighted by atomic mass is 10.1. The predicted molar refractivity (Wildman–Crippen MR) is 87.0 cm³/mol. The molecule has 5 heteroatoms. The second-order valence-corrected chi connectivity index (χ2v) is 5.17. The van der Waals surface area contributed by atoms with E-state index in [0.29, 0.717) is 13.0 Å². The molecule has 1 aromatic rings. The average Bonchev–Trinajstić information content (AvgIpc) is 2.42. The Bertz CT molecular complexity index is 408. The molecule has 0 amide bonds. The van der Waals surface area contributed by atoms with Gasteiger partial charge < -0.3 is 15.1 Å². The lowest BCUT2D eigenvalue weighted by Crippen LogP contribution is -2.29. The number of rotatable bonds is 9. The summed E-state index contributed by atoms with van der Waals surface area (Å²) >= 11 is 0. The highest BCUT2D eigenvalue weighted by Gasteiger charge is 2.12. The van der Waals surface area contributed by atoms with Gasteiger partial charge >= 0.3 is 5.97 Å². The monoisotopic (exact) mass is 315 g/mol. The number of unbranched alkanes of at least 4 members (excludes halogenated alkanes) is 1. The van der Waals surface area contributed by atoms with Crippen molar-refractivity contribution in [2.75, 3.05) is 19.6 Å². The summed E-state index contributed by atoms with van der Waals surface area (Å²) in [6, 6.07) is 7.92. The lowest BCUT2D eigenvalue weighted by Gasteiger charge is -2.23. The number of aliphatic hydroxyl groups is 1. The van der Waals surface area contributed by atoms with Gasteiger partial charge in [-0.1, -0.05) is 36.8 Å². The molecule has 0 fully saturated rings. The predicted octanol–water partition coefficient (Wildman–Crippen LogP) is 3.03. The first-order chi connectivity index (χ1) is 9.52. The Morgan fingerprint density at radius 1 is 1.24 bits per heavy atom. The van der Waals surface area contributed by atoms with Gasteiger partial charge in [-0.05, 0) is 38.4 Å². The fourth-order valence-corrected chi connectivity index (χ4v) is 2.13. The molecule has 2 N–H and O–H groups in total. The topological polar surface area (TPSA) is 60.8 Å². The average molecular weight is 316 g/mol. The number of carbonyl (C=O) groups is 1. The highest BCUT2D eigenvalue weighted by atomic mass is 35.5. The Kier molecular flexibility index (Phi) is 10.0. The summed E-state index contributed by atoms with van der Waals surface area (Å²) in [5.41, 5.74) is 2.11. The maximum absolute atomic E-state index is 10.5. The van der Waals surface area contributed by atoms with Crippen LogP contribution in [0.4, 0.5) is 0 Å². The minimum absolute atomic E-state index is 0. The zero-order chi connectivity index (χ0) is 15.0. The van der Waals surface area contributed by atoms with E-state index in [-0.39, 0.29) is 18.8 Å². The largest absolute Gasteiger partial charge is 0.481 e. The van der Waals surface area contributed by atoms with Crippen LogP contribution in [0.3, 0.4) is 0 Å². The van der Waals surface area contributed by atoms with Crippen LogP contribution in [0.25, 0.3) is 0 Å². The van der Waals surface area contributed by atoms with Crippen LogP contribution in [-0.2, 0) is 4.79 Å². The van der Waals surface area contributed by atoms with Crippen molar-refractivity contribution in [1.82, 2.24) is 4.90 Å². The summed E-state index contributed by atoms with van der Waals surface area (Å²) in [7, 11) is 0. The molecule has 0 aliphatic heterocycles. The number of halogens is 1. The molecular weight excluding hydrogens is 290 g/mol. The van der Waals surface area contributed by atoms with E-state index in [1.54, 1.807) is 0 Å². The molecule has 1 atom stereocenters. The van der Waals surface area contributed by atoms with Crippen LogP contribution < -0.4 is 0 Å². The molecule has 120 valence electrons. The SMILES string of the molecule is CCN(CCCCC(=O)O)CC(O)c1ccc(C)cc1.Cl. The summed E-state index contributed by atoms with van der Waals surface area (Å²) in [6.07, 6.45) is 1.26. The van der Waals surface area contributed by atoms with E-state index in [1.807, 2.05) is 31.2 Å². The van der Waals surface area contributed by atoms with Gasteiger partial charge in [-0.2, -0.15) is 0 Å². The zero-order valence-corrected chi connectivity index (χ0v) is 13.6. The van der Waals surface area contributed by atoms with E-state index in [9.17, 15) is 9.90 Å². The van der Waals surface area contributed by atoms with Gasteiger partial charge in [-0.15, -0.1) is 12.4 Å². The molecule has 1 rings (SSSR count). The fraction of sp³-hybridized carbons (Fsp3) is 0.562. The van der Waals surface area contributed by atoms with E-state index in [0.717, 1.165) is 25.1 Å². The summed E-state index contributed by atoms with van der Waals surface area (Å²) < 4.78 is 0. The van der Waals surface area contributed by atoms with E-state index < -0.39 is 12.1 Å². The summed E-state index contributed by atoms with van der Waals surface area (Å²) in [6.45, 7) is 6.35. The Balaban J connectivity index is 0.00000400. The van der Waals surface area contributed by atoms with Crippen LogP contribution in [0, 0.1) is 6.92 Å². The molecule has 0 saturated carbocycles. The number of aryl methyl sites for hydroxylation is 1. The van der Waals surface area contributed by atoms with Crippen molar-refractivity contribution >= 4 is 18.4 Å². The molecule has 0 aliphatic rings. The third-order valence-corrected chi connectivity index (χ3v) is 3.46. The first kappa shape index (κ1) is 19.9. The number of carboxylic acid groups (broad SMARTS) is 1. The maximum atomic E-state index is 10.5. The molecule has 0 aliphatic carbocycles. The van der Waals surface area contributed by atoms with Gasteiger partial charge in [-0.3, -0.25) is 4.79 Å². The number of carboxylic acids is 1. The number of nitrogens with zero attached hydrogens (tertiary/aromatic N) is 1. The lowest BCUT2D eigenvalue weighted by molar-refractivity contribution is -0.137. The molecule has 0 saturated heterocycles.